The molecule has 1 N–H and O–H groups in total. The zero-order chi connectivity index (χ0) is 14.9. The van der Waals surface area contributed by atoms with Crippen LogP contribution in [-0.4, -0.2) is 49.9 Å². The lowest BCUT2D eigenvalue weighted by molar-refractivity contribution is 0.00228. The van der Waals surface area contributed by atoms with Gasteiger partial charge in [0.25, 0.3) is 0 Å². The van der Waals surface area contributed by atoms with Crippen LogP contribution in [0.1, 0.15) is 29.4 Å². The van der Waals surface area contributed by atoms with E-state index >= 15 is 0 Å². The van der Waals surface area contributed by atoms with Crippen LogP contribution in [-0.2, 0) is 15.9 Å². The van der Waals surface area contributed by atoms with Crippen molar-refractivity contribution in [1.82, 2.24) is 10.2 Å². The number of amides is 2. The summed E-state index contributed by atoms with van der Waals surface area (Å²) >= 11 is 1.78. The summed E-state index contributed by atoms with van der Waals surface area (Å²) in [5.41, 5.74) is 1.25. The van der Waals surface area contributed by atoms with Crippen molar-refractivity contribution < 1.29 is 14.3 Å². The zero-order valence-electron chi connectivity index (χ0n) is 12.6. The van der Waals surface area contributed by atoms with Crippen LogP contribution in [0.5, 0.6) is 0 Å². The molecule has 5 nitrogen and oxygen atoms in total. The van der Waals surface area contributed by atoms with E-state index in [9.17, 15) is 4.79 Å². The summed E-state index contributed by atoms with van der Waals surface area (Å²) in [6.07, 6.45) is 3.44. The number of nitrogens with one attached hydrogen (secondary N) is 1. The average Bonchev–Trinajstić information content (AvgIpc) is 3.29. The van der Waals surface area contributed by atoms with Crippen molar-refractivity contribution in [2.24, 2.45) is 5.92 Å². The van der Waals surface area contributed by atoms with Crippen LogP contribution in [0.3, 0.4) is 0 Å². The van der Waals surface area contributed by atoms with Crippen molar-refractivity contribution >= 4 is 17.4 Å². The van der Waals surface area contributed by atoms with Gasteiger partial charge in [-0.25, -0.2) is 4.79 Å². The van der Waals surface area contributed by atoms with E-state index in [4.69, 9.17) is 9.47 Å². The highest BCUT2D eigenvalue weighted by molar-refractivity contribution is 7.10. The minimum Gasteiger partial charge on any atom is -0.377 e. The van der Waals surface area contributed by atoms with Gasteiger partial charge in [-0.2, -0.15) is 0 Å². The van der Waals surface area contributed by atoms with Gasteiger partial charge in [-0.1, -0.05) is 0 Å². The second kappa shape index (κ2) is 6.18. The average molecular weight is 322 g/mol. The first kappa shape index (κ1) is 14.5. The highest BCUT2D eigenvalue weighted by atomic mass is 32.1. The molecule has 2 fully saturated rings. The molecule has 0 radical (unpaired) electrons. The van der Waals surface area contributed by atoms with Crippen LogP contribution in [0.25, 0.3) is 0 Å². The number of hydrogen-bond acceptors (Lipinski definition) is 4. The maximum atomic E-state index is 12.5. The third kappa shape index (κ3) is 2.87. The van der Waals surface area contributed by atoms with E-state index in [0.717, 1.165) is 13.0 Å². The van der Waals surface area contributed by atoms with Crippen molar-refractivity contribution in [2.45, 2.75) is 31.4 Å². The lowest BCUT2D eigenvalue weighted by Gasteiger charge is -2.36. The summed E-state index contributed by atoms with van der Waals surface area (Å²) in [6.45, 7) is 3.33. The van der Waals surface area contributed by atoms with Crippen molar-refractivity contribution in [2.75, 3.05) is 32.9 Å². The summed E-state index contributed by atoms with van der Waals surface area (Å²) in [5, 5.41) is 5.19. The van der Waals surface area contributed by atoms with Crippen LogP contribution >= 0.6 is 11.3 Å². The Morgan fingerprint density at radius 3 is 3.18 bits per heavy atom. The minimum atomic E-state index is -0.000587. The fourth-order valence-corrected chi connectivity index (χ4v) is 4.34. The lowest BCUT2D eigenvalue weighted by atomic mass is 10.1. The Balaban J connectivity index is 1.36. The summed E-state index contributed by atoms with van der Waals surface area (Å²) < 4.78 is 11.4. The number of thiophene rings is 1. The van der Waals surface area contributed by atoms with E-state index in [1.54, 1.807) is 11.3 Å². The SMILES string of the molecule is O=C(NCC1OCCc2sccc21)N1CCOCC1C1CC1. The van der Waals surface area contributed by atoms with Crippen LogP contribution < -0.4 is 5.32 Å². The molecule has 1 saturated carbocycles. The molecule has 2 aliphatic heterocycles. The Bertz CT molecular complexity index is 543. The van der Waals surface area contributed by atoms with E-state index < -0.39 is 0 Å². The highest BCUT2D eigenvalue weighted by Gasteiger charge is 2.39. The fourth-order valence-electron chi connectivity index (χ4n) is 3.42. The fraction of sp³-hybridized carbons (Fsp3) is 0.688. The molecule has 2 atom stereocenters. The van der Waals surface area contributed by atoms with Gasteiger partial charge >= 0.3 is 6.03 Å². The van der Waals surface area contributed by atoms with Crippen molar-refractivity contribution in [3.63, 3.8) is 0 Å². The van der Waals surface area contributed by atoms with Gasteiger partial charge in [-0.05, 0) is 35.8 Å². The molecule has 120 valence electrons. The van der Waals surface area contributed by atoms with Gasteiger partial charge in [-0.3, -0.25) is 0 Å². The van der Waals surface area contributed by atoms with Gasteiger partial charge in [0.05, 0.1) is 25.9 Å². The van der Waals surface area contributed by atoms with Gasteiger partial charge in [0, 0.05) is 24.4 Å². The van der Waals surface area contributed by atoms with Gasteiger partial charge in [-0.15, -0.1) is 11.3 Å². The molecular weight excluding hydrogens is 300 g/mol. The molecule has 0 spiro atoms. The molecule has 1 aromatic rings. The summed E-state index contributed by atoms with van der Waals surface area (Å²) in [4.78, 5) is 15.9. The van der Waals surface area contributed by atoms with Crippen LogP contribution in [0.2, 0.25) is 0 Å². The molecule has 1 aliphatic carbocycles. The molecule has 1 saturated heterocycles. The number of carbonyl (C=O) groups excluding carboxylic acids is 1. The van der Waals surface area contributed by atoms with Crippen LogP contribution in [0.4, 0.5) is 4.79 Å². The van der Waals surface area contributed by atoms with Gasteiger partial charge in [0.15, 0.2) is 0 Å². The molecule has 3 heterocycles. The number of carbonyl (C=O) groups is 1. The first-order chi connectivity index (χ1) is 10.8. The molecule has 0 bridgehead atoms. The second-order valence-corrected chi connectivity index (χ2v) is 7.27. The van der Waals surface area contributed by atoms with E-state index in [1.165, 1.54) is 23.3 Å². The molecule has 2 amide bonds. The van der Waals surface area contributed by atoms with Crippen LogP contribution in [0, 0.1) is 5.92 Å². The maximum absolute atomic E-state index is 12.5. The molecule has 0 aromatic carbocycles. The predicted octanol–water partition coefficient (Wildman–Crippen LogP) is 2.18. The highest BCUT2D eigenvalue weighted by Crippen LogP contribution is 2.36. The quantitative estimate of drug-likeness (QED) is 0.928. The Hall–Kier alpha value is -1.11. The van der Waals surface area contributed by atoms with E-state index in [0.29, 0.717) is 32.2 Å². The Kier molecular flexibility index (Phi) is 4.07. The first-order valence-corrected chi connectivity index (χ1v) is 9.01. The number of hydrogen-bond donors (Lipinski definition) is 1. The van der Waals surface area contributed by atoms with E-state index in [2.05, 4.69) is 16.8 Å². The predicted molar refractivity (Wildman–Crippen MR) is 84.2 cm³/mol. The summed E-state index contributed by atoms with van der Waals surface area (Å²) in [7, 11) is 0. The second-order valence-electron chi connectivity index (χ2n) is 6.27. The Labute approximate surface area is 134 Å². The maximum Gasteiger partial charge on any atom is 0.317 e. The molecule has 1 aromatic heterocycles. The molecular formula is C16H22N2O3S. The largest absolute Gasteiger partial charge is 0.377 e. The number of fused-ring (bicyclic) bond motifs is 1. The Morgan fingerprint density at radius 2 is 2.32 bits per heavy atom. The Morgan fingerprint density at radius 1 is 1.41 bits per heavy atom. The topological polar surface area (TPSA) is 50.8 Å². The standard InChI is InChI=1S/C16H22N2O3S/c19-16(18-5-7-20-10-13(18)11-1-2-11)17-9-14-12-4-8-22-15(12)3-6-21-14/h4,8,11,13-14H,1-3,5-7,9-10H2,(H,17,19). The van der Waals surface area contributed by atoms with Gasteiger partial charge < -0.3 is 19.7 Å². The van der Waals surface area contributed by atoms with Gasteiger partial charge in [0.2, 0.25) is 0 Å². The normalized spacial score (nSPS) is 28.3. The number of nitrogens with zero attached hydrogens (tertiary/aromatic N) is 1. The molecule has 3 aliphatic rings. The third-order valence-electron chi connectivity index (χ3n) is 4.81. The monoisotopic (exact) mass is 322 g/mol. The van der Waals surface area contributed by atoms with Crippen molar-refractivity contribution in [3.05, 3.63) is 21.9 Å². The smallest absolute Gasteiger partial charge is 0.317 e. The summed E-state index contributed by atoms with van der Waals surface area (Å²) in [6, 6.07) is 2.42. The van der Waals surface area contributed by atoms with Crippen LogP contribution in [0.15, 0.2) is 11.4 Å². The molecule has 2 unspecified atom stereocenters. The number of urea groups is 1. The van der Waals surface area contributed by atoms with Crippen molar-refractivity contribution in [3.8, 4) is 0 Å². The third-order valence-corrected chi connectivity index (χ3v) is 5.80. The van der Waals surface area contributed by atoms with Gasteiger partial charge in [0.1, 0.15) is 6.10 Å². The minimum absolute atomic E-state index is 0.000587. The molecule has 6 heteroatoms. The number of rotatable bonds is 3. The van der Waals surface area contributed by atoms with Crippen molar-refractivity contribution in [1.29, 1.82) is 0 Å². The number of morpholine rings is 1. The summed E-state index contributed by atoms with van der Waals surface area (Å²) in [5.74, 6) is 0.639. The lowest BCUT2D eigenvalue weighted by Crippen LogP contribution is -2.54. The van der Waals surface area contributed by atoms with E-state index in [-0.39, 0.29) is 18.2 Å². The molecule has 4 rings (SSSR count). The first-order valence-electron chi connectivity index (χ1n) is 8.13. The van der Waals surface area contributed by atoms with E-state index in [1.807, 2.05) is 4.90 Å². The number of ether oxygens (including phenoxy) is 2. The molecule has 22 heavy (non-hydrogen) atoms. The zero-order valence-corrected chi connectivity index (χ0v) is 13.4.